The molecular weight excluding hydrogens is 228 g/mol. The van der Waals surface area contributed by atoms with Crippen LogP contribution in [0, 0.1) is 0 Å². The third-order valence-corrected chi connectivity index (χ3v) is 3.64. The van der Waals surface area contributed by atoms with Gasteiger partial charge in [-0.25, -0.2) is 4.98 Å². The van der Waals surface area contributed by atoms with E-state index in [4.69, 9.17) is 0 Å². The van der Waals surface area contributed by atoms with Crippen molar-refractivity contribution in [3.05, 3.63) is 23.9 Å². The van der Waals surface area contributed by atoms with Crippen molar-refractivity contribution in [1.29, 1.82) is 0 Å². The topological polar surface area (TPSA) is 56.6 Å². The lowest BCUT2D eigenvalue weighted by molar-refractivity contribution is 0.0481. The third-order valence-electron chi connectivity index (χ3n) is 3.64. The molecule has 2 unspecified atom stereocenters. The Labute approximate surface area is 108 Å². The zero-order valence-corrected chi connectivity index (χ0v) is 11.1. The molecule has 4 heteroatoms. The maximum absolute atomic E-state index is 10.1. The Balaban J connectivity index is 2.07. The molecule has 4 nitrogen and oxygen atoms in total. The Bertz CT molecular complexity index is 387. The van der Waals surface area contributed by atoms with Crippen molar-refractivity contribution < 1.29 is 10.2 Å². The number of hydrogen-bond donors (Lipinski definition) is 2. The smallest absolute Gasteiger partial charge is 0.128 e. The van der Waals surface area contributed by atoms with Crippen molar-refractivity contribution in [3.63, 3.8) is 0 Å². The Morgan fingerprint density at radius 2 is 2.11 bits per heavy atom. The Morgan fingerprint density at radius 1 is 1.33 bits per heavy atom. The van der Waals surface area contributed by atoms with Crippen molar-refractivity contribution in [2.75, 3.05) is 18.0 Å². The van der Waals surface area contributed by atoms with Crippen molar-refractivity contribution >= 4 is 5.82 Å². The summed E-state index contributed by atoms with van der Waals surface area (Å²) < 4.78 is 0. The van der Waals surface area contributed by atoms with Gasteiger partial charge >= 0.3 is 0 Å². The molecular formula is C14H22N2O2. The Hall–Kier alpha value is -1.13. The van der Waals surface area contributed by atoms with Gasteiger partial charge in [-0.05, 0) is 44.7 Å². The minimum Gasteiger partial charge on any atom is -0.390 e. The van der Waals surface area contributed by atoms with Crippen molar-refractivity contribution in [1.82, 2.24) is 4.98 Å². The van der Waals surface area contributed by atoms with Crippen molar-refractivity contribution in [2.24, 2.45) is 0 Å². The van der Waals surface area contributed by atoms with E-state index in [0.717, 1.165) is 43.7 Å². The molecule has 1 aliphatic heterocycles. The number of aliphatic hydroxyl groups is 2. The van der Waals surface area contributed by atoms with Gasteiger partial charge in [0, 0.05) is 19.3 Å². The second kappa shape index (κ2) is 5.24. The highest BCUT2D eigenvalue weighted by atomic mass is 16.3. The first kappa shape index (κ1) is 13.3. The quantitative estimate of drug-likeness (QED) is 0.841. The highest BCUT2D eigenvalue weighted by molar-refractivity contribution is 5.39. The fourth-order valence-electron chi connectivity index (χ4n) is 2.32. The second-order valence-corrected chi connectivity index (χ2v) is 5.46. The van der Waals surface area contributed by atoms with Gasteiger partial charge in [-0.15, -0.1) is 0 Å². The van der Waals surface area contributed by atoms with E-state index in [2.05, 4.69) is 9.88 Å². The van der Waals surface area contributed by atoms with Gasteiger partial charge in [0.1, 0.15) is 5.82 Å². The average Bonchev–Trinajstić information content (AvgIpc) is 2.50. The largest absolute Gasteiger partial charge is 0.390 e. The number of nitrogens with zero attached hydrogens (tertiary/aromatic N) is 2. The minimum atomic E-state index is -0.547. The number of anilines is 1. The fraction of sp³-hybridized carbons (Fsp3) is 0.643. The number of hydrogen-bond acceptors (Lipinski definition) is 4. The van der Waals surface area contributed by atoms with E-state index >= 15 is 0 Å². The zero-order chi connectivity index (χ0) is 13.2. The number of rotatable bonds is 2. The van der Waals surface area contributed by atoms with Crippen LogP contribution in [-0.4, -0.2) is 33.9 Å². The van der Waals surface area contributed by atoms with Crippen LogP contribution in [0.3, 0.4) is 0 Å². The zero-order valence-electron chi connectivity index (χ0n) is 11.1. The minimum absolute atomic E-state index is 0.476. The van der Waals surface area contributed by atoms with E-state index in [1.807, 2.05) is 19.1 Å². The van der Waals surface area contributed by atoms with Crippen LogP contribution in [0.1, 0.15) is 44.8 Å². The summed E-state index contributed by atoms with van der Waals surface area (Å²) in [5.41, 5.74) is 0.287. The van der Waals surface area contributed by atoms with E-state index in [9.17, 15) is 10.2 Å². The van der Waals surface area contributed by atoms with Crippen molar-refractivity contribution in [2.45, 2.75) is 44.8 Å². The predicted molar refractivity (Wildman–Crippen MR) is 71.6 cm³/mol. The van der Waals surface area contributed by atoms with Gasteiger partial charge in [-0.3, -0.25) is 0 Å². The molecule has 2 rings (SSSR count). The molecule has 0 aliphatic carbocycles. The molecule has 1 fully saturated rings. The summed E-state index contributed by atoms with van der Waals surface area (Å²) in [7, 11) is 0. The van der Waals surface area contributed by atoms with Gasteiger partial charge in [0.2, 0.25) is 0 Å². The van der Waals surface area contributed by atoms with Crippen LogP contribution >= 0.6 is 0 Å². The van der Waals surface area contributed by atoms with Crippen LogP contribution in [0.5, 0.6) is 0 Å². The summed E-state index contributed by atoms with van der Waals surface area (Å²) in [5.74, 6) is 0.928. The van der Waals surface area contributed by atoms with Crippen LogP contribution in [0.2, 0.25) is 0 Å². The summed E-state index contributed by atoms with van der Waals surface area (Å²) in [6.07, 6.45) is 3.84. The van der Waals surface area contributed by atoms with Gasteiger partial charge in [0.15, 0.2) is 0 Å². The summed E-state index contributed by atoms with van der Waals surface area (Å²) >= 11 is 0. The molecule has 0 bridgehead atoms. The molecule has 1 aromatic heterocycles. The van der Waals surface area contributed by atoms with Gasteiger partial charge < -0.3 is 15.1 Å². The molecule has 2 atom stereocenters. The van der Waals surface area contributed by atoms with E-state index in [1.165, 1.54) is 0 Å². The first-order valence-electron chi connectivity index (χ1n) is 6.59. The molecule has 0 radical (unpaired) electrons. The fourth-order valence-corrected chi connectivity index (χ4v) is 2.32. The predicted octanol–water partition coefficient (Wildman–Crippen LogP) is 1.88. The molecule has 1 aromatic rings. The highest BCUT2D eigenvalue weighted by Gasteiger charge is 2.25. The van der Waals surface area contributed by atoms with E-state index in [0.29, 0.717) is 0 Å². The molecule has 0 aromatic carbocycles. The lowest BCUT2D eigenvalue weighted by atomic mass is 9.98. The summed E-state index contributed by atoms with van der Waals surface area (Å²) in [5, 5.41) is 19.5. The lowest BCUT2D eigenvalue weighted by Crippen LogP contribution is -2.28. The number of aromatic nitrogens is 1. The standard InChI is InChI=1S/C14H22N2O2/c1-11(17)12-4-5-13(15-10-12)16-8-3-6-14(2,18)7-9-16/h4-5,10-11,17-18H,3,6-9H2,1-2H3. The van der Waals surface area contributed by atoms with Crippen molar-refractivity contribution in [3.8, 4) is 0 Å². The van der Waals surface area contributed by atoms with Crippen LogP contribution in [0.4, 0.5) is 5.82 Å². The van der Waals surface area contributed by atoms with Gasteiger partial charge in [0.05, 0.1) is 11.7 Å². The van der Waals surface area contributed by atoms with E-state index in [-0.39, 0.29) is 0 Å². The number of aliphatic hydroxyl groups excluding tert-OH is 1. The summed E-state index contributed by atoms with van der Waals surface area (Å²) in [4.78, 5) is 6.60. The Morgan fingerprint density at radius 3 is 2.72 bits per heavy atom. The number of pyridine rings is 1. The third kappa shape index (κ3) is 3.21. The molecule has 0 spiro atoms. The summed E-state index contributed by atoms with van der Waals surface area (Å²) in [6.45, 7) is 5.39. The van der Waals surface area contributed by atoms with Crippen LogP contribution in [0.15, 0.2) is 18.3 Å². The van der Waals surface area contributed by atoms with Gasteiger partial charge in [0.25, 0.3) is 0 Å². The maximum Gasteiger partial charge on any atom is 0.128 e. The monoisotopic (exact) mass is 250 g/mol. The molecule has 2 heterocycles. The van der Waals surface area contributed by atoms with Gasteiger partial charge in [-0.2, -0.15) is 0 Å². The van der Waals surface area contributed by atoms with E-state index in [1.54, 1.807) is 13.1 Å². The molecule has 2 N–H and O–H groups in total. The van der Waals surface area contributed by atoms with Crippen LogP contribution in [0.25, 0.3) is 0 Å². The molecule has 0 amide bonds. The van der Waals surface area contributed by atoms with Crippen LogP contribution in [-0.2, 0) is 0 Å². The first-order valence-corrected chi connectivity index (χ1v) is 6.59. The average molecular weight is 250 g/mol. The Kier molecular flexibility index (Phi) is 3.88. The molecule has 100 valence electrons. The summed E-state index contributed by atoms with van der Waals surface area (Å²) in [6, 6.07) is 3.86. The second-order valence-electron chi connectivity index (χ2n) is 5.46. The molecule has 18 heavy (non-hydrogen) atoms. The maximum atomic E-state index is 10.1. The SMILES string of the molecule is CC(O)c1ccc(N2CCCC(C)(O)CC2)nc1. The van der Waals surface area contributed by atoms with E-state index < -0.39 is 11.7 Å². The highest BCUT2D eigenvalue weighted by Crippen LogP contribution is 2.24. The molecule has 1 saturated heterocycles. The van der Waals surface area contributed by atoms with Crippen LogP contribution < -0.4 is 4.90 Å². The molecule has 1 aliphatic rings. The lowest BCUT2D eigenvalue weighted by Gasteiger charge is -2.23. The van der Waals surface area contributed by atoms with Gasteiger partial charge in [-0.1, -0.05) is 6.07 Å². The molecule has 0 saturated carbocycles. The first-order chi connectivity index (χ1) is 8.48. The normalized spacial score (nSPS) is 26.8.